The van der Waals surface area contributed by atoms with E-state index >= 15 is 0 Å². The topological polar surface area (TPSA) is 164 Å². The molecule has 0 saturated heterocycles. The van der Waals surface area contributed by atoms with Gasteiger partial charge in [-0.3, -0.25) is 14.2 Å². The Morgan fingerprint density at radius 2 is 1.72 bits per heavy atom. The largest absolute Gasteiger partial charge is 2.00 e. The quantitative estimate of drug-likeness (QED) is 0.209. The maximum Gasteiger partial charge on any atom is 2.00 e. The van der Waals surface area contributed by atoms with Crippen molar-refractivity contribution >= 4 is 65.8 Å². The van der Waals surface area contributed by atoms with Crippen LogP contribution in [-0.4, -0.2) is 90.7 Å². The fourth-order valence-electron chi connectivity index (χ4n) is 0.651. The van der Waals surface area contributed by atoms with Crippen LogP contribution in [0.2, 0.25) is 0 Å². The zero-order valence-electron chi connectivity index (χ0n) is 10.8. The first-order chi connectivity index (χ1) is 7.64. The van der Waals surface area contributed by atoms with E-state index in [1.54, 1.807) is 0 Å². The number of carboxylic acids is 2. The molecule has 1 unspecified atom stereocenters. The van der Waals surface area contributed by atoms with E-state index in [1.165, 1.54) is 0 Å². The predicted molar refractivity (Wildman–Crippen MR) is 55.2 cm³/mol. The molecule has 0 fully saturated rings. The molecule has 102 valence electrons. The summed E-state index contributed by atoms with van der Waals surface area (Å²) in [6.45, 7) is -0.991. The third-order valence-corrected chi connectivity index (χ3v) is 2.41. The standard InChI is InChI=1S/C6H8O10S.Ca.2H/c7-4(8)2-15-16-5(9)1-3(6(10)11)17(12,13)14;;;/h3H,1-2H2,(H,7,8)(H,10,11)(H,12,13,14);;;/q;+2;2*-1. The van der Waals surface area contributed by atoms with Crippen LogP contribution in [-0.2, 0) is 34.3 Å². The van der Waals surface area contributed by atoms with Gasteiger partial charge in [0.15, 0.2) is 11.9 Å². The molecular formula is C6H10CaO10S. The molecule has 0 spiro atoms. The van der Waals surface area contributed by atoms with Crippen molar-refractivity contribution in [3.05, 3.63) is 0 Å². The van der Waals surface area contributed by atoms with E-state index in [1.807, 2.05) is 0 Å². The molecule has 3 N–H and O–H groups in total. The van der Waals surface area contributed by atoms with E-state index in [9.17, 15) is 22.8 Å². The zero-order valence-corrected chi connectivity index (χ0v) is 11.8. The van der Waals surface area contributed by atoms with Crippen molar-refractivity contribution < 1.29 is 50.2 Å². The molecule has 0 saturated carbocycles. The maximum absolute atomic E-state index is 10.8. The Morgan fingerprint density at radius 1 is 1.22 bits per heavy atom. The van der Waals surface area contributed by atoms with Crippen LogP contribution in [0, 0.1) is 0 Å². The number of hydrogen-bond acceptors (Lipinski definition) is 7. The maximum atomic E-state index is 10.8. The first-order valence-electron chi connectivity index (χ1n) is 3.87. The number of aliphatic carboxylic acids is 2. The van der Waals surface area contributed by atoms with Gasteiger partial charge in [-0.2, -0.15) is 13.3 Å². The Labute approximate surface area is 134 Å². The fourth-order valence-corrected chi connectivity index (χ4v) is 1.25. The Bertz CT molecular complexity index is 423. The van der Waals surface area contributed by atoms with Gasteiger partial charge in [0.1, 0.15) is 0 Å². The van der Waals surface area contributed by atoms with Crippen LogP contribution in [0.25, 0.3) is 0 Å². The predicted octanol–water partition coefficient (Wildman–Crippen LogP) is -1.88. The molecular weight excluding hydrogens is 304 g/mol. The van der Waals surface area contributed by atoms with Gasteiger partial charge in [0.2, 0.25) is 0 Å². The second-order valence-electron chi connectivity index (χ2n) is 2.66. The molecule has 0 amide bonds. The number of carboxylic acid groups (broad SMARTS) is 2. The second kappa shape index (κ2) is 8.61. The Balaban J connectivity index is -0.000000427. The van der Waals surface area contributed by atoms with E-state index in [-0.39, 0.29) is 40.6 Å². The van der Waals surface area contributed by atoms with E-state index in [4.69, 9.17) is 14.8 Å². The van der Waals surface area contributed by atoms with Gasteiger partial charge in [-0.25, -0.2) is 9.59 Å². The van der Waals surface area contributed by atoms with Gasteiger partial charge in [0.25, 0.3) is 10.1 Å². The smallest absolute Gasteiger partial charge is 1.00 e. The summed E-state index contributed by atoms with van der Waals surface area (Å²) < 4.78 is 29.5. The molecule has 0 rings (SSSR count). The van der Waals surface area contributed by atoms with E-state index in [2.05, 4.69) is 9.78 Å². The first-order valence-corrected chi connectivity index (χ1v) is 5.38. The number of carbonyl (C=O) groups excluding carboxylic acids is 1. The van der Waals surface area contributed by atoms with Crippen LogP contribution < -0.4 is 0 Å². The summed E-state index contributed by atoms with van der Waals surface area (Å²) in [5.41, 5.74) is 0. The molecule has 0 aliphatic carbocycles. The Morgan fingerprint density at radius 3 is 2.06 bits per heavy atom. The van der Waals surface area contributed by atoms with Gasteiger partial charge in [-0.05, 0) is 0 Å². The minimum absolute atomic E-state index is 0. The van der Waals surface area contributed by atoms with Crippen molar-refractivity contribution in [3.63, 3.8) is 0 Å². The summed E-state index contributed by atoms with van der Waals surface area (Å²) in [6.07, 6.45) is -1.21. The van der Waals surface area contributed by atoms with Crippen molar-refractivity contribution in [2.45, 2.75) is 11.7 Å². The molecule has 0 aromatic carbocycles. The Kier molecular flexibility index (Phi) is 9.50. The summed E-state index contributed by atoms with van der Waals surface area (Å²) in [5, 5.41) is 14.1. The van der Waals surface area contributed by atoms with E-state index in [0.717, 1.165) is 0 Å². The Hall–Kier alpha value is -0.460. The van der Waals surface area contributed by atoms with Gasteiger partial charge >= 0.3 is 55.6 Å². The summed E-state index contributed by atoms with van der Waals surface area (Å²) in [6, 6.07) is 0. The van der Waals surface area contributed by atoms with Crippen LogP contribution >= 0.6 is 0 Å². The van der Waals surface area contributed by atoms with E-state index < -0.39 is 46.3 Å². The van der Waals surface area contributed by atoms with Gasteiger partial charge < -0.3 is 13.1 Å². The van der Waals surface area contributed by atoms with Crippen molar-refractivity contribution in [2.24, 2.45) is 0 Å². The number of hydrogen-bond donors (Lipinski definition) is 3. The van der Waals surface area contributed by atoms with Gasteiger partial charge in [-0.1, -0.05) is 0 Å². The fraction of sp³-hybridized carbons (Fsp3) is 0.500. The SMILES string of the molecule is O=C(O)COOC(=O)CC(C(=O)O)S(=O)(=O)O.[Ca+2].[H-].[H-]. The second-order valence-corrected chi connectivity index (χ2v) is 4.26. The molecule has 18 heavy (non-hydrogen) atoms. The van der Waals surface area contributed by atoms with Crippen LogP contribution in [0.5, 0.6) is 0 Å². The minimum atomic E-state index is -4.97. The van der Waals surface area contributed by atoms with Crippen molar-refractivity contribution in [2.75, 3.05) is 6.61 Å². The molecule has 0 aromatic rings. The van der Waals surface area contributed by atoms with Crippen molar-refractivity contribution in [1.29, 1.82) is 0 Å². The average molecular weight is 314 g/mol. The van der Waals surface area contributed by atoms with Crippen LogP contribution in [0.15, 0.2) is 0 Å². The monoisotopic (exact) mass is 314 g/mol. The summed E-state index contributed by atoms with van der Waals surface area (Å²) in [7, 11) is -4.97. The third-order valence-electron chi connectivity index (χ3n) is 1.32. The van der Waals surface area contributed by atoms with E-state index in [0.29, 0.717) is 0 Å². The van der Waals surface area contributed by atoms with Gasteiger partial charge in [-0.15, -0.1) is 0 Å². The number of rotatable bonds is 7. The molecule has 0 aliphatic rings. The minimum Gasteiger partial charge on any atom is -1.00 e. The van der Waals surface area contributed by atoms with Gasteiger partial charge in [0, 0.05) is 0 Å². The molecule has 0 heterocycles. The average Bonchev–Trinajstić information content (AvgIpc) is 2.11. The third kappa shape index (κ3) is 8.60. The molecule has 0 aliphatic heterocycles. The molecule has 1 atom stereocenters. The summed E-state index contributed by atoms with van der Waals surface area (Å²) >= 11 is 0. The summed E-state index contributed by atoms with van der Waals surface area (Å²) in [5.74, 6) is -4.86. The van der Waals surface area contributed by atoms with Crippen LogP contribution in [0.4, 0.5) is 0 Å². The normalized spacial score (nSPS) is 12.1. The van der Waals surface area contributed by atoms with Crippen LogP contribution in [0.1, 0.15) is 9.27 Å². The summed E-state index contributed by atoms with van der Waals surface area (Å²) in [4.78, 5) is 38.7. The molecule has 0 aromatic heterocycles. The molecule has 10 nitrogen and oxygen atoms in total. The number of carbonyl (C=O) groups is 3. The first kappa shape index (κ1) is 19.9. The zero-order chi connectivity index (χ0) is 13.6. The van der Waals surface area contributed by atoms with Crippen molar-refractivity contribution in [1.82, 2.24) is 0 Å². The van der Waals surface area contributed by atoms with Gasteiger partial charge in [0.05, 0.1) is 6.42 Å². The van der Waals surface area contributed by atoms with Crippen LogP contribution in [0.3, 0.4) is 0 Å². The van der Waals surface area contributed by atoms with Crippen molar-refractivity contribution in [3.8, 4) is 0 Å². The molecule has 0 radical (unpaired) electrons. The molecule has 0 bridgehead atoms. The molecule has 12 heteroatoms.